The predicted molar refractivity (Wildman–Crippen MR) is 75.5 cm³/mol. The van der Waals surface area contributed by atoms with Gasteiger partial charge < -0.3 is 10.2 Å². The van der Waals surface area contributed by atoms with Gasteiger partial charge in [0.2, 0.25) is 0 Å². The van der Waals surface area contributed by atoms with Crippen molar-refractivity contribution in [2.24, 2.45) is 0 Å². The molecule has 0 fully saturated rings. The molecular formula is C15H18FN3. The fraction of sp³-hybridized carbons (Fsp3) is 0.267. The first-order valence-electron chi connectivity index (χ1n) is 6.25. The molecule has 19 heavy (non-hydrogen) atoms. The van der Waals surface area contributed by atoms with Crippen molar-refractivity contribution in [1.82, 2.24) is 10.3 Å². The molecule has 0 saturated carbocycles. The molecule has 1 N–H and O–H groups in total. The first-order valence-corrected chi connectivity index (χ1v) is 6.25. The minimum absolute atomic E-state index is 0.203. The van der Waals surface area contributed by atoms with E-state index in [-0.39, 0.29) is 5.82 Å². The zero-order valence-corrected chi connectivity index (χ0v) is 11.2. The standard InChI is InChI=1S/C15H18FN3/c1-17-10-12-6-7-15(14(16)9-12)19(2)11-13-5-3-4-8-18-13/h3-9,17H,10-11H2,1-2H3. The van der Waals surface area contributed by atoms with Crippen LogP contribution >= 0.6 is 0 Å². The Morgan fingerprint density at radius 2 is 2.11 bits per heavy atom. The zero-order chi connectivity index (χ0) is 13.7. The topological polar surface area (TPSA) is 28.2 Å². The van der Waals surface area contributed by atoms with E-state index in [4.69, 9.17) is 0 Å². The van der Waals surface area contributed by atoms with Gasteiger partial charge in [-0.2, -0.15) is 0 Å². The minimum Gasteiger partial charge on any atom is -0.366 e. The van der Waals surface area contributed by atoms with Crippen LogP contribution in [0, 0.1) is 5.82 Å². The van der Waals surface area contributed by atoms with Crippen molar-refractivity contribution >= 4 is 5.69 Å². The molecule has 4 heteroatoms. The normalized spacial score (nSPS) is 10.5. The van der Waals surface area contributed by atoms with Gasteiger partial charge in [0, 0.05) is 19.8 Å². The number of hydrogen-bond donors (Lipinski definition) is 1. The number of benzene rings is 1. The lowest BCUT2D eigenvalue weighted by Crippen LogP contribution is -2.18. The highest BCUT2D eigenvalue weighted by Gasteiger charge is 2.09. The zero-order valence-electron chi connectivity index (χ0n) is 11.2. The van der Waals surface area contributed by atoms with Gasteiger partial charge in [-0.15, -0.1) is 0 Å². The number of hydrogen-bond acceptors (Lipinski definition) is 3. The number of nitrogens with one attached hydrogen (secondary N) is 1. The van der Waals surface area contributed by atoms with E-state index >= 15 is 0 Å². The molecule has 1 aromatic heterocycles. The van der Waals surface area contributed by atoms with Crippen LogP contribution in [0.3, 0.4) is 0 Å². The molecule has 0 radical (unpaired) electrons. The smallest absolute Gasteiger partial charge is 0.146 e. The molecule has 0 spiro atoms. The van der Waals surface area contributed by atoms with Gasteiger partial charge in [0.25, 0.3) is 0 Å². The second-order valence-corrected chi connectivity index (χ2v) is 4.49. The van der Waals surface area contributed by atoms with Crippen molar-refractivity contribution in [3.8, 4) is 0 Å². The van der Waals surface area contributed by atoms with Gasteiger partial charge in [-0.25, -0.2) is 4.39 Å². The Hall–Kier alpha value is -1.94. The summed E-state index contributed by atoms with van der Waals surface area (Å²) >= 11 is 0. The number of nitrogens with zero attached hydrogens (tertiary/aromatic N) is 2. The van der Waals surface area contributed by atoms with Crippen molar-refractivity contribution in [3.63, 3.8) is 0 Å². The third-order valence-corrected chi connectivity index (χ3v) is 2.93. The Kier molecular flexibility index (Phi) is 4.47. The maximum absolute atomic E-state index is 14.0. The summed E-state index contributed by atoms with van der Waals surface area (Å²) < 4.78 is 14.0. The molecule has 1 heterocycles. The third kappa shape index (κ3) is 3.51. The molecule has 0 aliphatic heterocycles. The molecule has 0 bridgehead atoms. The highest BCUT2D eigenvalue weighted by Crippen LogP contribution is 2.20. The number of pyridine rings is 1. The number of anilines is 1. The van der Waals surface area contributed by atoms with Crippen LogP contribution in [0.5, 0.6) is 0 Å². The summed E-state index contributed by atoms with van der Waals surface area (Å²) in [5.74, 6) is -0.203. The lowest BCUT2D eigenvalue weighted by atomic mass is 10.2. The van der Waals surface area contributed by atoms with Crippen LogP contribution in [-0.2, 0) is 13.1 Å². The van der Waals surface area contributed by atoms with Crippen LogP contribution < -0.4 is 10.2 Å². The largest absolute Gasteiger partial charge is 0.366 e. The van der Waals surface area contributed by atoms with Crippen molar-refractivity contribution in [3.05, 3.63) is 59.7 Å². The van der Waals surface area contributed by atoms with Crippen LogP contribution in [0.1, 0.15) is 11.3 Å². The molecule has 2 aromatic rings. The van der Waals surface area contributed by atoms with E-state index in [2.05, 4.69) is 10.3 Å². The number of aromatic nitrogens is 1. The van der Waals surface area contributed by atoms with E-state index in [0.717, 1.165) is 11.3 Å². The molecule has 100 valence electrons. The Morgan fingerprint density at radius 3 is 2.74 bits per heavy atom. The maximum atomic E-state index is 14.0. The van der Waals surface area contributed by atoms with Crippen molar-refractivity contribution < 1.29 is 4.39 Å². The van der Waals surface area contributed by atoms with Gasteiger partial charge in [-0.3, -0.25) is 4.98 Å². The summed E-state index contributed by atoms with van der Waals surface area (Å²) in [6, 6.07) is 11.1. The van der Waals surface area contributed by atoms with Crippen LogP contribution in [0.25, 0.3) is 0 Å². The summed E-state index contributed by atoms with van der Waals surface area (Å²) in [6.07, 6.45) is 1.75. The lowest BCUT2D eigenvalue weighted by molar-refractivity contribution is 0.618. The monoisotopic (exact) mass is 259 g/mol. The molecule has 3 nitrogen and oxygen atoms in total. The van der Waals surface area contributed by atoms with Crippen LogP contribution in [0.4, 0.5) is 10.1 Å². The van der Waals surface area contributed by atoms with Gasteiger partial charge in [0.1, 0.15) is 5.82 Å². The van der Waals surface area contributed by atoms with Gasteiger partial charge in [-0.05, 0) is 36.9 Å². The van der Waals surface area contributed by atoms with Gasteiger partial charge >= 0.3 is 0 Å². The Labute approximate surface area is 113 Å². The summed E-state index contributed by atoms with van der Waals surface area (Å²) in [5, 5.41) is 3.01. The SMILES string of the molecule is CNCc1ccc(N(C)Cc2ccccn2)c(F)c1. The molecule has 1 aromatic carbocycles. The highest BCUT2D eigenvalue weighted by molar-refractivity contribution is 5.48. The second kappa shape index (κ2) is 6.29. The molecular weight excluding hydrogens is 241 g/mol. The molecule has 0 atom stereocenters. The highest BCUT2D eigenvalue weighted by atomic mass is 19.1. The van der Waals surface area contributed by atoms with E-state index in [1.54, 1.807) is 12.3 Å². The van der Waals surface area contributed by atoms with Crippen LogP contribution in [0.15, 0.2) is 42.6 Å². The van der Waals surface area contributed by atoms with Crippen molar-refractivity contribution in [2.45, 2.75) is 13.1 Å². The molecule has 2 rings (SSSR count). The fourth-order valence-corrected chi connectivity index (χ4v) is 1.99. The predicted octanol–water partition coefficient (Wildman–Crippen LogP) is 2.58. The molecule has 0 unspecified atom stereocenters. The van der Waals surface area contributed by atoms with E-state index in [9.17, 15) is 4.39 Å². The first-order chi connectivity index (χ1) is 9.20. The van der Waals surface area contributed by atoms with E-state index in [1.165, 1.54) is 0 Å². The molecule has 0 saturated heterocycles. The molecule has 0 aliphatic rings. The Balaban J connectivity index is 2.13. The average Bonchev–Trinajstić information content (AvgIpc) is 2.40. The van der Waals surface area contributed by atoms with E-state index in [0.29, 0.717) is 18.8 Å². The summed E-state index contributed by atoms with van der Waals surface area (Å²) in [7, 11) is 3.71. The quantitative estimate of drug-likeness (QED) is 0.894. The maximum Gasteiger partial charge on any atom is 0.146 e. The summed E-state index contributed by atoms with van der Waals surface area (Å²) in [6.45, 7) is 1.25. The summed E-state index contributed by atoms with van der Waals surface area (Å²) in [4.78, 5) is 6.11. The van der Waals surface area contributed by atoms with E-state index < -0.39 is 0 Å². The second-order valence-electron chi connectivity index (χ2n) is 4.49. The van der Waals surface area contributed by atoms with Crippen molar-refractivity contribution in [2.75, 3.05) is 19.0 Å². The lowest BCUT2D eigenvalue weighted by Gasteiger charge is -2.20. The van der Waals surface area contributed by atoms with Gasteiger partial charge in [0.05, 0.1) is 17.9 Å². The number of rotatable bonds is 5. The third-order valence-electron chi connectivity index (χ3n) is 2.93. The Bertz CT molecular complexity index is 528. The minimum atomic E-state index is -0.203. The first kappa shape index (κ1) is 13.5. The van der Waals surface area contributed by atoms with E-state index in [1.807, 2.05) is 49.3 Å². The molecule has 0 aliphatic carbocycles. The Morgan fingerprint density at radius 1 is 1.26 bits per heavy atom. The van der Waals surface area contributed by atoms with Gasteiger partial charge in [-0.1, -0.05) is 12.1 Å². The summed E-state index contributed by atoms with van der Waals surface area (Å²) in [5.41, 5.74) is 2.45. The number of halogens is 1. The molecule has 0 amide bonds. The van der Waals surface area contributed by atoms with Crippen LogP contribution in [0.2, 0.25) is 0 Å². The van der Waals surface area contributed by atoms with Crippen LogP contribution in [-0.4, -0.2) is 19.1 Å². The van der Waals surface area contributed by atoms with Crippen molar-refractivity contribution in [1.29, 1.82) is 0 Å². The fourth-order valence-electron chi connectivity index (χ4n) is 1.99. The van der Waals surface area contributed by atoms with Gasteiger partial charge in [0.15, 0.2) is 0 Å². The average molecular weight is 259 g/mol.